The first-order valence-corrected chi connectivity index (χ1v) is 13.1. The SMILES string of the molecule is Cc1ccc([C@@H](C)Nc2ncnc3c(S(=O)(=O)N4CCNCC4)cc(-c4ccc(F)cc4)cc23)nn1. The second kappa shape index (κ2) is 9.84. The Morgan fingerprint density at radius 2 is 1.75 bits per heavy atom. The second-order valence-corrected chi connectivity index (χ2v) is 10.6. The minimum Gasteiger partial charge on any atom is -0.361 e. The maximum Gasteiger partial charge on any atom is 0.245 e. The molecule has 2 aromatic carbocycles. The molecule has 186 valence electrons. The summed E-state index contributed by atoms with van der Waals surface area (Å²) in [7, 11) is -3.85. The fraction of sp³-hybridized carbons (Fsp3) is 0.280. The number of benzene rings is 2. The third kappa shape index (κ3) is 4.77. The quantitative estimate of drug-likeness (QED) is 0.409. The van der Waals surface area contributed by atoms with Crippen LogP contribution in [0.4, 0.5) is 10.2 Å². The zero-order valence-corrected chi connectivity index (χ0v) is 20.8. The lowest BCUT2D eigenvalue weighted by molar-refractivity contribution is 0.360. The molecule has 2 aromatic heterocycles. The van der Waals surface area contributed by atoms with Gasteiger partial charge in [0, 0.05) is 31.6 Å². The van der Waals surface area contributed by atoms with Crippen LogP contribution in [0.5, 0.6) is 0 Å². The van der Waals surface area contributed by atoms with Gasteiger partial charge in [-0.25, -0.2) is 22.8 Å². The fourth-order valence-corrected chi connectivity index (χ4v) is 5.82. The molecule has 0 bridgehead atoms. The molecule has 0 saturated carbocycles. The molecule has 36 heavy (non-hydrogen) atoms. The van der Waals surface area contributed by atoms with Crippen LogP contribution in [-0.2, 0) is 10.0 Å². The number of anilines is 1. The van der Waals surface area contributed by atoms with Crippen LogP contribution in [0.2, 0.25) is 0 Å². The molecule has 1 atom stereocenters. The number of fused-ring (bicyclic) bond motifs is 1. The van der Waals surface area contributed by atoms with Crippen LogP contribution in [0.25, 0.3) is 22.0 Å². The van der Waals surface area contributed by atoms with Crippen molar-refractivity contribution in [3.8, 4) is 11.1 Å². The maximum atomic E-state index is 13.8. The van der Waals surface area contributed by atoms with Gasteiger partial charge in [0.05, 0.1) is 22.9 Å². The molecule has 0 radical (unpaired) electrons. The van der Waals surface area contributed by atoms with Crippen molar-refractivity contribution >= 4 is 26.7 Å². The van der Waals surface area contributed by atoms with Crippen molar-refractivity contribution in [2.24, 2.45) is 0 Å². The van der Waals surface area contributed by atoms with Crippen LogP contribution >= 0.6 is 0 Å². The number of aromatic nitrogens is 4. The normalized spacial score (nSPS) is 15.6. The Kier molecular flexibility index (Phi) is 6.61. The van der Waals surface area contributed by atoms with Crippen LogP contribution in [0.15, 0.2) is 59.8 Å². The highest BCUT2D eigenvalue weighted by molar-refractivity contribution is 7.89. The van der Waals surface area contributed by atoms with Crippen molar-refractivity contribution in [2.45, 2.75) is 24.8 Å². The smallest absolute Gasteiger partial charge is 0.245 e. The number of hydrogen-bond donors (Lipinski definition) is 2. The molecule has 1 fully saturated rings. The van der Waals surface area contributed by atoms with E-state index in [-0.39, 0.29) is 16.8 Å². The van der Waals surface area contributed by atoms with Gasteiger partial charge in [0.15, 0.2) is 0 Å². The summed E-state index contributed by atoms with van der Waals surface area (Å²) in [6.07, 6.45) is 1.35. The second-order valence-electron chi connectivity index (χ2n) is 8.72. The van der Waals surface area contributed by atoms with Gasteiger partial charge < -0.3 is 10.6 Å². The standard InChI is InChI=1S/C25H26FN7O2S/c1-16-3-8-22(32-31-16)17(2)30-25-21-13-19(18-4-6-20(26)7-5-18)14-23(24(21)28-15-29-25)36(34,35)33-11-9-27-10-12-33/h3-8,13-15,17,27H,9-12H2,1-2H3,(H,28,29,30)/t17-/m1/s1. The van der Waals surface area contributed by atoms with E-state index in [9.17, 15) is 12.8 Å². The average molecular weight is 508 g/mol. The van der Waals surface area contributed by atoms with Crippen molar-refractivity contribution in [3.63, 3.8) is 0 Å². The van der Waals surface area contributed by atoms with Crippen molar-refractivity contribution in [1.82, 2.24) is 29.8 Å². The number of nitrogens with one attached hydrogen (secondary N) is 2. The number of hydrogen-bond acceptors (Lipinski definition) is 8. The predicted octanol–water partition coefficient (Wildman–Crippen LogP) is 3.30. The Morgan fingerprint density at radius 1 is 1.00 bits per heavy atom. The summed E-state index contributed by atoms with van der Waals surface area (Å²) in [4.78, 5) is 8.90. The van der Waals surface area contributed by atoms with Crippen molar-refractivity contribution < 1.29 is 12.8 Å². The summed E-state index contributed by atoms with van der Waals surface area (Å²) in [5.41, 5.74) is 3.15. The van der Waals surface area contributed by atoms with E-state index < -0.39 is 10.0 Å². The van der Waals surface area contributed by atoms with Gasteiger partial charge in [-0.2, -0.15) is 14.5 Å². The van der Waals surface area contributed by atoms with Gasteiger partial charge in [0.2, 0.25) is 10.0 Å². The van der Waals surface area contributed by atoms with E-state index >= 15 is 0 Å². The van der Waals surface area contributed by atoms with Crippen LogP contribution < -0.4 is 10.6 Å². The third-order valence-corrected chi connectivity index (χ3v) is 8.10. The molecular weight excluding hydrogens is 481 g/mol. The summed E-state index contributed by atoms with van der Waals surface area (Å²) in [6.45, 7) is 5.67. The number of nitrogens with zero attached hydrogens (tertiary/aromatic N) is 5. The van der Waals surface area contributed by atoms with Gasteiger partial charge in [0.1, 0.15) is 22.9 Å². The average Bonchev–Trinajstić information content (AvgIpc) is 2.89. The zero-order chi connectivity index (χ0) is 25.3. The predicted molar refractivity (Wildman–Crippen MR) is 135 cm³/mol. The maximum absolute atomic E-state index is 13.8. The van der Waals surface area contributed by atoms with Crippen molar-refractivity contribution in [3.05, 3.63) is 72.1 Å². The molecule has 0 amide bonds. The zero-order valence-electron chi connectivity index (χ0n) is 19.9. The van der Waals surface area contributed by atoms with Gasteiger partial charge in [-0.05, 0) is 61.4 Å². The molecule has 2 N–H and O–H groups in total. The van der Waals surface area contributed by atoms with E-state index in [1.807, 2.05) is 32.0 Å². The van der Waals surface area contributed by atoms with Gasteiger partial charge in [-0.15, -0.1) is 0 Å². The first-order chi connectivity index (χ1) is 17.3. The summed E-state index contributed by atoms with van der Waals surface area (Å²) in [5.74, 6) is 0.0996. The monoisotopic (exact) mass is 507 g/mol. The van der Waals surface area contributed by atoms with E-state index in [1.54, 1.807) is 18.2 Å². The van der Waals surface area contributed by atoms with Crippen molar-refractivity contribution in [1.29, 1.82) is 0 Å². The van der Waals surface area contributed by atoms with E-state index in [0.29, 0.717) is 54.0 Å². The first-order valence-electron chi connectivity index (χ1n) is 11.7. The molecule has 0 aliphatic carbocycles. The number of sulfonamides is 1. The molecule has 0 spiro atoms. The first kappa shape index (κ1) is 24.2. The summed E-state index contributed by atoms with van der Waals surface area (Å²) < 4.78 is 42.6. The Bertz CT molecular complexity index is 1490. The fourth-order valence-electron chi connectivity index (χ4n) is 4.20. The molecule has 11 heteroatoms. The highest BCUT2D eigenvalue weighted by Crippen LogP contribution is 2.34. The highest BCUT2D eigenvalue weighted by atomic mass is 32.2. The minimum atomic E-state index is -3.85. The number of aryl methyl sites for hydroxylation is 1. The third-order valence-electron chi connectivity index (χ3n) is 6.19. The van der Waals surface area contributed by atoms with E-state index in [2.05, 4.69) is 30.8 Å². The molecule has 1 saturated heterocycles. The number of piperazine rings is 1. The molecule has 5 rings (SSSR count). The molecule has 1 aliphatic heterocycles. The largest absolute Gasteiger partial charge is 0.361 e. The van der Waals surface area contributed by atoms with Crippen LogP contribution in [0.3, 0.4) is 0 Å². The summed E-state index contributed by atoms with van der Waals surface area (Å²) >= 11 is 0. The Labute approximate surface area is 208 Å². The lowest BCUT2D eigenvalue weighted by Crippen LogP contribution is -2.46. The lowest BCUT2D eigenvalue weighted by atomic mass is 10.0. The van der Waals surface area contributed by atoms with Gasteiger partial charge in [0.25, 0.3) is 0 Å². The van der Waals surface area contributed by atoms with E-state index in [1.165, 1.54) is 22.8 Å². The van der Waals surface area contributed by atoms with Crippen LogP contribution in [0, 0.1) is 12.7 Å². The Hall–Kier alpha value is -3.54. The van der Waals surface area contributed by atoms with Gasteiger partial charge >= 0.3 is 0 Å². The molecule has 0 unspecified atom stereocenters. The van der Waals surface area contributed by atoms with E-state index in [0.717, 1.165) is 11.4 Å². The summed E-state index contributed by atoms with van der Waals surface area (Å²) in [5, 5.41) is 15.4. The Balaban J connectivity index is 1.66. The Morgan fingerprint density at radius 3 is 2.44 bits per heavy atom. The number of rotatable bonds is 6. The van der Waals surface area contributed by atoms with Gasteiger partial charge in [-0.3, -0.25) is 0 Å². The van der Waals surface area contributed by atoms with Crippen LogP contribution in [-0.4, -0.2) is 59.1 Å². The van der Waals surface area contributed by atoms with Gasteiger partial charge in [-0.1, -0.05) is 12.1 Å². The summed E-state index contributed by atoms with van der Waals surface area (Å²) in [6, 6.07) is 12.9. The van der Waals surface area contributed by atoms with E-state index in [4.69, 9.17) is 0 Å². The number of halogens is 1. The minimum absolute atomic E-state index is 0.0921. The lowest BCUT2D eigenvalue weighted by Gasteiger charge is -2.27. The topological polar surface area (TPSA) is 113 Å². The molecule has 9 nitrogen and oxygen atoms in total. The molecule has 1 aliphatic rings. The van der Waals surface area contributed by atoms with Crippen molar-refractivity contribution in [2.75, 3.05) is 31.5 Å². The van der Waals surface area contributed by atoms with Crippen LogP contribution in [0.1, 0.15) is 24.4 Å². The molecule has 3 heterocycles. The molecular formula is C25H26FN7O2S. The molecule has 4 aromatic rings. The highest BCUT2D eigenvalue weighted by Gasteiger charge is 2.29.